The Morgan fingerprint density at radius 2 is 2.11 bits per heavy atom. The highest BCUT2D eigenvalue weighted by Gasteiger charge is 2.14. The fourth-order valence-electron chi connectivity index (χ4n) is 1.56. The number of hydrogen-bond acceptors (Lipinski definition) is 5. The minimum Gasteiger partial charge on any atom is -0.473 e. The highest BCUT2D eigenvalue weighted by Crippen LogP contribution is 2.20. The van der Waals surface area contributed by atoms with Gasteiger partial charge in [-0.25, -0.2) is 0 Å². The van der Waals surface area contributed by atoms with Gasteiger partial charge >= 0.3 is 5.97 Å². The van der Waals surface area contributed by atoms with E-state index >= 15 is 0 Å². The maximum atomic E-state index is 11.7. The van der Waals surface area contributed by atoms with Crippen molar-refractivity contribution in [3.63, 3.8) is 0 Å². The van der Waals surface area contributed by atoms with Gasteiger partial charge in [0.1, 0.15) is 5.75 Å². The number of ether oxygens (including phenoxy) is 2. The largest absolute Gasteiger partial charge is 0.473 e. The van der Waals surface area contributed by atoms with Crippen LogP contribution in [0.15, 0.2) is 48.9 Å². The Morgan fingerprint density at radius 1 is 1.37 bits per heavy atom. The van der Waals surface area contributed by atoms with Crippen LogP contribution in [0.25, 0.3) is 0 Å². The molecule has 0 bridgehead atoms. The number of allylic oxidation sites excluding steroid dienone is 2. The van der Waals surface area contributed by atoms with E-state index in [9.17, 15) is 14.9 Å². The van der Waals surface area contributed by atoms with Crippen LogP contribution in [0, 0.1) is 16.0 Å². The van der Waals surface area contributed by atoms with Gasteiger partial charge in [0.2, 0.25) is 0 Å². The number of hydrogen-bond donors (Lipinski definition) is 0. The molecule has 0 saturated heterocycles. The molecule has 1 heterocycles. The van der Waals surface area contributed by atoms with E-state index in [1.807, 2.05) is 0 Å². The highest BCUT2D eigenvalue weighted by molar-refractivity contribution is 5.73. The molecular formula is C13H11NO5. The smallest absolute Gasteiger partial charge is 0.312 e. The lowest BCUT2D eigenvalue weighted by molar-refractivity contribution is -0.384. The van der Waals surface area contributed by atoms with Gasteiger partial charge in [-0.1, -0.05) is 6.07 Å². The summed E-state index contributed by atoms with van der Waals surface area (Å²) in [5.41, 5.74) is -0.115. The van der Waals surface area contributed by atoms with Gasteiger partial charge in [-0.15, -0.1) is 0 Å². The zero-order valence-corrected chi connectivity index (χ0v) is 9.89. The van der Waals surface area contributed by atoms with Gasteiger partial charge in [-0.2, -0.15) is 0 Å². The Bertz CT molecular complexity index is 538. The third kappa shape index (κ3) is 3.67. The second-order valence-corrected chi connectivity index (χ2v) is 3.89. The van der Waals surface area contributed by atoms with Crippen molar-refractivity contribution in [1.29, 1.82) is 0 Å². The summed E-state index contributed by atoms with van der Waals surface area (Å²) in [6, 6.07) is 5.52. The first kappa shape index (κ1) is 12.8. The molecule has 6 nitrogen and oxygen atoms in total. The molecule has 2 rings (SSSR count). The number of nitro groups is 1. The summed E-state index contributed by atoms with van der Waals surface area (Å²) in [4.78, 5) is 21.7. The van der Waals surface area contributed by atoms with Crippen LogP contribution in [0.5, 0.6) is 5.75 Å². The summed E-state index contributed by atoms with van der Waals surface area (Å²) in [7, 11) is 0. The average Bonchev–Trinajstić information content (AvgIpc) is 2.40. The standard InChI is InChI=1S/C13H11NO5/c15-13(8-10-4-6-18-7-5-10)19-12-3-1-2-11(9-12)14(16)17/h1-7,9-10H,8H2. The maximum absolute atomic E-state index is 11.7. The van der Waals surface area contributed by atoms with Crippen LogP contribution >= 0.6 is 0 Å². The van der Waals surface area contributed by atoms with Gasteiger partial charge in [0.05, 0.1) is 29.9 Å². The fraction of sp³-hybridized carbons (Fsp3) is 0.154. The number of esters is 1. The van der Waals surface area contributed by atoms with Crippen LogP contribution in [-0.4, -0.2) is 10.9 Å². The van der Waals surface area contributed by atoms with Crippen LogP contribution in [-0.2, 0) is 9.53 Å². The van der Waals surface area contributed by atoms with Crippen LogP contribution in [0.3, 0.4) is 0 Å². The Kier molecular flexibility index (Phi) is 3.92. The first-order valence-corrected chi connectivity index (χ1v) is 5.59. The van der Waals surface area contributed by atoms with E-state index in [1.54, 1.807) is 12.2 Å². The lowest BCUT2D eigenvalue weighted by Crippen LogP contribution is -2.12. The number of carbonyl (C=O) groups excluding carboxylic acids is 1. The van der Waals surface area contributed by atoms with E-state index in [0.717, 1.165) is 0 Å². The van der Waals surface area contributed by atoms with Crippen molar-refractivity contribution in [3.05, 3.63) is 59.1 Å². The predicted octanol–water partition coefficient (Wildman–Crippen LogP) is 2.56. The molecule has 98 valence electrons. The number of non-ortho nitro benzene ring substituents is 1. The van der Waals surface area contributed by atoms with Crippen LogP contribution in [0.1, 0.15) is 6.42 Å². The molecule has 0 aromatic heterocycles. The molecule has 0 radical (unpaired) electrons. The molecule has 0 amide bonds. The molecule has 0 N–H and O–H groups in total. The normalized spacial score (nSPS) is 13.9. The van der Waals surface area contributed by atoms with Gasteiger partial charge < -0.3 is 9.47 Å². The summed E-state index contributed by atoms with van der Waals surface area (Å²) in [6.07, 6.45) is 6.60. The molecule has 1 aromatic rings. The van der Waals surface area contributed by atoms with Gasteiger partial charge in [-0.3, -0.25) is 14.9 Å². The summed E-state index contributed by atoms with van der Waals surface area (Å²) in [5, 5.41) is 10.6. The van der Waals surface area contributed by atoms with Gasteiger partial charge in [0.15, 0.2) is 0 Å². The molecular weight excluding hydrogens is 250 g/mol. The molecule has 1 aliphatic rings. The third-order valence-electron chi connectivity index (χ3n) is 2.47. The molecule has 19 heavy (non-hydrogen) atoms. The molecule has 1 aromatic carbocycles. The van der Waals surface area contributed by atoms with Crippen LogP contribution in [0.2, 0.25) is 0 Å². The molecule has 6 heteroatoms. The van der Waals surface area contributed by atoms with Crippen LogP contribution < -0.4 is 4.74 Å². The molecule has 0 fully saturated rings. The zero-order chi connectivity index (χ0) is 13.7. The van der Waals surface area contributed by atoms with E-state index in [2.05, 4.69) is 0 Å². The lowest BCUT2D eigenvalue weighted by Gasteiger charge is -2.10. The van der Waals surface area contributed by atoms with Gasteiger partial charge in [0.25, 0.3) is 5.69 Å². The average molecular weight is 261 g/mol. The van der Waals surface area contributed by atoms with Crippen molar-refractivity contribution in [2.75, 3.05) is 0 Å². The number of rotatable bonds is 4. The molecule has 1 aliphatic heterocycles. The van der Waals surface area contributed by atoms with Crippen molar-refractivity contribution in [2.45, 2.75) is 6.42 Å². The van der Waals surface area contributed by atoms with E-state index in [1.165, 1.54) is 36.8 Å². The second kappa shape index (κ2) is 5.81. The van der Waals surface area contributed by atoms with Crippen molar-refractivity contribution in [3.8, 4) is 5.75 Å². The SMILES string of the molecule is O=C(CC1C=COC=C1)Oc1cccc([N+](=O)[O-])c1. The van der Waals surface area contributed by atoms with Crippen molar-refractivity contribution >= 4 is 11.7 Å². The zero-order valence-electron chi connectivity index (χ0n) is 9.89. The number of nitro benzene ring substituents is 1. The Labute approximate surface area is 109 Å². The molecule has 0 atom stereocenters. The lowest BCUT2D eigenvalue weighted by atomic mass is 10.1. The first-order valence-electron chi connectivity index (χ1n) is 5.59. The minimum atomic E-state index is -0.540. The molecule has 0 saturated carbocycles. The van der Waals surface area contributed by atoms with Crippen molar-refractivity contribution < 1.29 is 19.2 Å². The Morgan fingerprint density at radius 3 is 2.79 bits per heavy atom. The highest BCUT2D eigenvalue weighted by atomic mass is 16.6. The maximum Gasteiger partial charge on any atom is 0.312 e. The molecule has 0 unspecified atom stereocenters. The first-order chi connectivity index (χ1) is 9.15. The van der Waals surface area contributed by atoms with Crippen molar-refractivity contribution in [2.24, 2.45) is 5.92 Å². The van der Waals surface area contributed by atoms with Gasteiger partial charge in [0, 0.05) is 12.0 Å². The topological polar surface area (TPSA) is 78.7 Å². The fourth-order valence-corrected chi connectivity index (χ4v) is 1.56. The van der Waals surface area contributed by atoms with E-state index < -0.39 is 10.9 Å². The second-order valence-electron chi connectivity index (χ2n) is 3.89. The Hall–Kier alpha value is -2.63. The monoisotopic (exact) mass is 261 g/mol. The summed E-state index contributed by atoms with van der Waals surface area (Å²) >= 11 is 0. The van der Waals surface area contributed by atoms with E-state index in [-0.39, 0.29) is 23.8 Å². The third-order valence-corrected chi connectivity index (χ3v) is 2.47. The quantitative estimate of drug-likeness (QED) is 0.360. The summed E-state index contributed by atoms with van der Waals surface area (Å²) in [6.45, 7) is 0. The number of nitrogens with zero attached hydrogens (tertiary/aromatic N) is 1. The van der Waals surface area contributed by atoms with Crippen molar-refractivity contribution in [1.82, 2.24) is 0 Å². The van der Waals surface area contributed by atoms with Crippen LogP contribution in [0.4, 0.5) is 5.69 Å². The Balaban J connectivity index is 1.96. The summed E-state index contributed by atoms with van der Waals surface area (Å²) in [5.74, 6) is -0.374. The number of benzene rings is 1. The van der Waals surface area contributed by atoms with E-state index in [0.29, 0.717) is 0 Å². The minimum absolute atomic E-state index is 0.0834. The number of carbonyl (C=O) groups is 1. The molecule has 0 aliphatic carbocycles. The van der Waals surface area contributed by atoms with Gasteiger partial charge in [-0.05, 0) is 18.2 Å². The molecule has 0 spiro atoms. The predicted molar refractivity (Wildman–Crippen MR) is 66.2 cm³/mol. The van der Waals surface area contributed by atoms with E-state index in [4.69, 9.17) is 9.47 Å². The summed E-state index contributed by atoms with van der Waals surface area (Å²) < 4.78 is 9.91.